The number of nitrogens with zero attached hydrogens (tertiary/aromatic N) is 2. The molecule has 3 heterocycles. The zero-order valence-corrected chi connectivity index (χ0v) is 16.3. The minimum atomic E-state index is -0.325. The summed E-state index contributed by atoms with van der Waals surface area (Å²) in [5, 5.41) is 2.08. The van der Waals surface area contributed by atoms with Gasteiger partial charge in [-0.25, -0.2) is 0 Å². The van der Waals surface area contributed by atoms with Gasteiger partial charge in [-0.15, -0.1) is 11.3 Å². The molecule has 0 spiro atoms. The van der Waals surface area contributed by atoms with Crippen molar-refractivity contribution < 1.29 is 19.1 Å². The molecule has 7 heteroatoms. The van der Waals surface area contributed by atoms with Crippen LogP contribution in [0.2, 0.25) is 0 Å². The maximum absolute atomic E-state index is 13.0. The number of carbonyl (C=O) groups is 2. The fourth-order valence-corrected chi connectivity index (χ4v) is 4.70. The zero-order valence-electron chi connectivity index (χ0n) is 15.4. The molecule has 0 aliphatic carbocycles. The number of ether oxygens (including phenoxy) is 2. The normalized spacial score (nSPS) is 19.2. The first kappa shape index (κ1) is 17.9. The lowest BCUT2D eigenvalue weighted by molar-refractivity contribution is -0.136. The summed E-state index contributed by atoms with van der Waals surface area (Å²) in [5.41, 5.74) is 1.88. The van der Waals surface area contributed by atoms with Crippen molar-refractivity contribution in [2.24, 2.45) is 5.92 Å². The van der Waals surface area contributed by atoms with E-state index in [0.717, 1.165) is 13.0 Å². The van der Waals surface area contributed by atoms with Crippen LogP contribution in [0.5, 0.6) is 11.5 Å². The number of rotatable bonds is 4. The highest BCUT2D eigenvalue weighted by molar-refractivity contribution is 7.10. The summed E-state index contributed by atoms with van der Waals surface area (Å²) >= 11 is 1.75. The van der Waals surface area contributed by atoms with Gasteiger partial charge in [0.15, 0.2) is 0 Å². The first-order valence-electron chi connectivity index (χ1n) is 8.97. The summed E-state index contributed by atoms with van der Waals surface area (Å²) in [6, 6.07) is 7.44. The molecule has 1 fully saturated rings. The maximum Gasteiger partial charge on any atom is 0.228 e. The summed E-state index contributed by atoms with van der Waals surface area (Å²) in [6.07, 6.45) is 1.12. The van der Waals surface area contributed by atoms with Gasteiger partial charge < -0.3 is 19.3 Å². The van der Waals surface area contributed by atoms with E-state index in [-0.39, 0.29) is 24.2 Å². The smallest absolute Gasteiger partial charge is 0.228 e. The molecule has 1 aromatic carbocycles. The lowest BCUT2D eigenvalue weighted by atomic mass is 10.0. The van der Waals surface area contributed by atoms with E-state index in [1.165, 1.54) is 10.4 Å². The second-order valence-corrected chi connectivity index (χ2v) is 7.82. The van der Waals surface area contributed by atoms with Crippen molar-refractivity contribution in [1.82, 2.24) is 4.90 Å². The molecule has 4 rings (SSSR count). The first-order chi connectivity index (χ1) is 13.1. The molecule has 1 atom stereocenters. The summed E-state index contributed by atoms with van der Waals surface area (Å²) in [5.74, 6) is 0.916. The Balaban J connectivity index is 1.52. The molecule has 6 nitrogen and oxygen atoms in total. The number of hydrogen-bond acceptors (Lipinski definition) is 5. The van der Waals surface area contributed by atoms with Crippen molar-refractivity contribution in [2.45, 2.75) is 19.4 Å². The van der Waals surface area contributed by atoms with Crippen LogP contribution in [-0.2, 0) is 22.6 Å². The van der Waals surface area contributed by atoms with Crippen molar-refractivity contribution in [2.75, 3.05) is 32.2 Å². The molecule has 1 aromatic heterocycles. The molecule has 27 heavy (non-hydrogen) atoms. The molecule has 2 aliphatic heterocycles. The molecule has 1 unspecified atom stereocenters. The second-order valence-electron chi connectivity index (χ2n) is 6.82. The number of thiophene rings is 1. The third-order valence-electron chi connectivity index (χ3n) is 5.27. The maximum atomic E-state index is 13.0. The fraction of sp³-hybridized carbons (Fsp3) is 0.400. The Morgan fingerprint density at radius 1 is 1.22 bits per heavy atom. The van der Waals surface area contributed by atoms with Gasteiger partial charge in [0.2, 0.25) is 11.8 Å². The van der Waals surface area contributed by atoms with Gasteiger partial charge in [0.25, 0.3) is 0 Å². The van der Waals surface area contributed by atoms with E-state index in [9.17, 15) is 9.59 Å². The summed E-state index contributed by atoms with van der Waals surface area (Å²) in [7, 11) is 3.15. The van der Waals surface area contributed by atoms with E-state index in [2.05, 4.69) is 11.4 Å². The Morgan fingerprint density at radius 3 is 2.85 bits per heavy atom. The molecule has 2 aromatic rings. The molecular weight excluding hydrogens is 364 g/mol. The van der Waals surface area contributed by atoms with E-state index < -0.39 is 0 Å². The van der Waals surface area contributed by atoms with Crippen LogP contribution in [0.1, 0.15) is 16.9 Å². The molecule has 0 bridgehead atoms. The Kier molecular flexibility index (Phi) is 4.78. The average Bonchev–Trinajstić information content (AvgIpc) is 3.32. The molecule has 142 valence electrons. The highest BCUT2D eigenvalue weighted by Crippen LogP contribution is 2.36. The van der Waals surface area contributed by atoms with Gasteiger partial charge in [-0.1, -0.05) is 0 Å². The lowest BCUT2D eigenvalue weighted by Crippen LogP contribution is -2.40. The van der Waals surface area contributed by atoms with E-state index in [1.807, 2.05) is 4.90 Å². The molecule has 0 N–H and O–H groups in total. The van der Waals surface area contributed by atoms with Gasteiger partial charge in [0, 0.05) is 37.0 Å². The molecule has 1 saturated heterocycles. The third-order valence-corrected chi connectivity index (χ3v) is 6.29. The summed E-state index contributed by atoms with van der Waals surface area (Å²) in [6.45, 7) is 1.73. The average molecular weight is 386 g/mol. The van der Waals surface area contributed by atoms with Crippen molar-refractivity contribution in [3.8, 4) is 11.5 Å². The SMILES string of the molecule is COc1ccc(OC)c(N2CC(C(=O)N3CCc4sccc4C3)CC2=O)c1. The van der Waals surface area contributed by atoms with Crippen LogP contribution in [0.25, 0.3) is 0 Å². The van der Waals surface area contributed by atoms with Gasteiger partial charge in [0.1, 0.15) is 11.5 Å². The number of fused-ring (bicyclic) bond motifs is 1. The predicted molar refractivity (Wildman–Crippen MR) is 103 cm³/mol. The number of anilines is 1. The van der Waals surface area contributed by atoms with E-state index in [4.69, 9.17) is 9.47 Å². The molecular formula is C20H22N2O4S. The Labute approximate surface area is 162 Å². The summed E-state index contributed by atoms with van der Waals surface area (Å²) in [4.78, 5) is 30.6. The van der Waals surface area contributed by atoms with Crippen molar-refractivity contribution in [1.29, 1.82) is 0 Å². The van der Waals surface area contributed by atoms with Gasteiger partial charge >= 0.3 is 0 Å². The largest absolute Gasteiger partial charge is 0.497 e. The summed E-state index contributed by atoms with van der Waals surface area (Å²) < 4.78 is 10.7. The van der Waals surface area contributed by atoms with Gasteiger partial charge in [-0.2, -0.15) is 0 Å². The van der Waals surface area contributed by atoms with E-state index in [0.29, 0.717) is 30.3 Å². The van der Waals surface area contributed by atoms with Crippen LogP contribution in [0.15, 0.2) is 29.6 Å². The molecule has 2 aliphatic rings. The van der Waals surface area contributed by atoms with Crippen molar-refractivity contribution in [3.05, 3.63) is 40.1 Å². The topological polar surface area (TPSA) is 59.1 Å². The van der Waals surface area contributed by atoms with Crippen LogP contribution in [0.3, 0.4) is 0 Å². The number of benzene rings is 1. The number of hydrogen-bond donors (Lipinski definition) is 0. The van der Waals surface area contributed by atoms with Crippen molar-refractivity contribution >= 4 is 28.8 Å². The quantitative estimate of drug-likeness (QED) is 0.811. The monoisotopic (exact) mass is 386 g/mol. The van der Waals surface area contributed by atoms with Crippen molar-refractivity contribution in [3.63, 3.8) is 0 Å². The number of methoxy groups -OCH3 is 2. The van der Waals surface area contributed by atoms with E-state index in [1.54, 1.807) is 48.7 Å². The van der Waals surface area contributed by atoms with Crippen LogP contribution in [0.4, 0.5) is 5.69 Å². The van der Waals surface area contributed by atoms with Crippen LogP contribution in [-0.4, -0.2) is 44.0 Å². The van der Waals surface area contributed by atoms with Crippen LogP contribution < -0.4 is 14.4 Å². The first-order valence-corrected chi connectivity index (χ1v) is 9.85. The lowest BCUT2D eigenvalue weighted by Gasteiger charge is -2.29. The zero-order chi connectivity index (χ0) is 19.0. The fourth-order valence-electron chi connectivity index (χ4n) is 3.81. The minimum Gasteiger partial charge on any atom is -0.497 e. The third kappa shape index (κ3) is 3.27. The molecule has 0 radical (unpaired) electrons. The van der Waals surface area contributed by atoms with Crippen LogP contribution >= 0.6 is 11.3 Å². The Hall–Kier alpha value is -2.54. The Bertz CT molecular complexity index is 879. The van der Waals surface area contributed by atoms with E-state index >= 15 is 0 Å². The van der Waals surface area contributed by atoms with Gasteiger partial charge in [0.05, 0.1) is 25.8 Å². The highest BCUT2D eigenvalue weighted by Gasteiger charge is 2.39. The number of amides is 2. The number of carbonyl (C=O) groups excluding carboxylic acids is 2. The minimum absolute atomic E-state index is 0.0598. The van der Waals surface area contributed by atoms with Crippen LogP contribution in [0, 0.1) is 5.92 Å². The Morgan fingerprint density at radius 2 is 2.07 bits per heavy atom. The predicted octanol–water partition coefficient (Wildman–Crippen LogP) is 2.70. The standard InChI is InChI=1S/C20H22N2O4S/c1-25-15-3-4-17(26-2)16(10-15)22-12-14(9-19(22)23)20(24)21-7-5-18-13(11-21)6-8-27-18/h3-4,6,8,10,14H,5,7,9,11-12H2,1-2H3. The van der Waals surface area contributed by atoms with Gasteiger partial charge in [-0.05, 0) is 35.6 Å². The molecule has 0 saturated carbocycles. The highest BCUT2D eigenvalue weighted by atomic mass is 32.1. The van der Waals surface area contributed by atoms with Gasteiger partial charge in [-0.3, -0.25) is 9.59 Å². The second kappa shape index (κ2) is 7.23. The molecule has 2 amide bonds.